The lowest BCUT2D eigenvalue weighted by Crippen LogP contribution is -2.67. The number of rotatable bonds is 6. The van der Waals surface area contributed by atoms with Crippen molar-refractivity contribution in [1.29, 1.82) is 0 Å². The predicted molar refractivity (Wildman–Crippen MR) is 85.0 cm³/mol. The van der Waals surface area contributed by atoms with E-state index in [1.165, 1.54) is 14.0 Å². The highest BCUT2D eigenvalue weighted by Gasteiger charge is 2.51. The quantitative estimate of drug-likeness (QED) is 0.228. The van der Waals surface area contributed by atoms with Gasteiger partial charge in [-0.05, 0) is 0 Å². The number of methoxy groups -OCH3 is 1. The van der Waals surface area contributed by atoms with Crippen LogP contribution in [-0.2, 0) is 23.7 Å². The number of aliphatic hydroxyl groups excluding tert-OH is 6. The Balaban J connectivity index is 2.22. The van der Waals surface area contributed by atoms with E-state index in [9.17, 15) is 35.4 Å². The van der Waals surface area contributed by atoms with Gasteiger partial charge in [-0.3, -0.25) is 4.79 Å². The van der Waals surface area contributed by atoms with Crippen LogP contribution in [0.25, 0.3) is 0 Å². The molecule has 158 valence electrons. The summed E-state index contributed by atoms with van der Waals surface area (Å²) in [4.78, 5) is 11.4. The number of nitrogens with one attached hydrogen (secondary N) is 1. The third-order valence-corrected chi connectivity index (χ3v) is 4.59. The summed E-state index contributed by atoms with van der Waals surface area (Å²) >= 11 is 0. The first kappa shape index (κ1) is 22.4. The molecule has 10 unspecified atom stereocenters. The lowest BCUT2D eigenvalue weighted by molar-refractivity contribution is -0.344. The molecule has 1 amide bonds. The second-order valence-electron chi connectivity index (χ2n) is 6.48. The van der Waals surface area contributed by atoms with Gasteiger partial charge in [0.25, 0.3) is 0 Å². The first-order valence-corrected chi connectivity index (χ1v) is 8.45. The fourth-order valence-corrected chi connectivity index (χ4v) is 3.16. The van der Waals surface area contributed by atoms with Crippen molar-refractivity contribution in [2.45, 2.75) is 68.3 Å². The van der Waals surface area contributed by atoms with Gasteiger partial charge in [0.15, 0.2) is 12.6 Å². The van der Waals surface area contributed by atoms with Crippen molar-refractivity contribution in [3.8, 4) is 0 Å². The molecular formula is C15H27NO11. The molecule has 2 saturated heterocycles. The minimum atomic E-state index is -1.56. The van der Waals surface area contributed by atoms with E-state index in [4.69, 9.17) is 18.9 Å². The number of aliphatic hydroxyl groups is 6. The van der Waals surface area contributed by atoms with Gasteiger partial charge >= 0.3 is 0 Å². The fourth-order valence-electron chi connectivity index (χ4n) is 3.16. The molecule has 27 heavy (non-hydrogen) atoms. The van der Waals surface area contributed by atoms with Crippen LogP contribution in [0.15, 0.2) is 0 Å². The van der Waals surface area contributed by atoms with E-state index in [2.05, 4.69) is 5.32 Å². The highest BCUT2D eigenvalue weighted by Crippen LogP contribution is 2.29. The molecule has 12 heteroatoms. The second-order valence-corrected chi connectivity index (χ2v) is 6.48. The van der Waals surface area contributed by atoms with Crippen LogP contribution in [0.1, 0.15) is 6.92 Å². The average molecular weight is 397 g/mol. The molecular weight excluding hydrogens is 370 g/mol. The average Bonchev–Trinajstić information content (AvgIpc) is 2.64. The molecule has 0 aromatic carbocycles. The first-order chi connectivity index (χ1) is 12.7. The van der Waals surface area contributed by atoms with Crippen LogP contribution < -0.4 is 5.32 Å². The maximum atomic E-state index is 11.4. The van der Waals surface area contributed by atoms with Gasteiger partial charge in [-0.2, -0.15) is 0 Å². The highest BCUT2D eigenvalue weighted by molar-refractivity contribution is 5.73. The Kier molecular flexibility index (Phi) is 7.88. The number of ether oxygens (including phenoxy) is 4. The summed E-state index contributed by atoms with van der Waals surface area (Å²) < 4.78 is 21.2. The van der Waals surface area contributed by atoms with Crippen LogP contribution in [0.3, 0.4) is 0 Å². The van der Waals surface area contributed by atoms with E-state index in [-0.39, 0.29) is 0 Å². The van der Waals surface area contributed by atoms with Crippen LogP contribution in [0.4, 0.5) is 0 Å². The molecule has 2 aliphatic heterocycles. The van der Waals surface area contributed by atoms with E-state index in [1.807, 2.05) is 0 Å². The molecule has 2 fully saturated rings. The highest BCUT2D eigenvalue weighted by atomic mass is 16.7. The fraction of sp³-hybridized carbons (Fsp3) is 0.933. The number of carbonyl (C=O) groups is 1. The smallest absolute Gasteiger partial charge is 0.217 e. The van der Waals surface area contributed by atoms with Gasteiger partial charge < -0.3 is 54.9 Å². The number of amides is 1. The van der Waals surface area contributed by atoms with Crippen LogP contribution in [0.2, 0.25) is 0 Å². The molecule has 0 bridgehead atoms. The molecule has 12 nitrogen and oxygen atoms in total. The van der Waals surface area contributed by atoms with Crippen molar-refractivity contribution in [2.24, 2.45) is 0 Å². The standard InChI is InChI=1S/C15H27NO11/c1-5(19)16-8-10(21)9(20)6(3-17)25-14(8)27-13-7(4-18)26-15(24-2)12(23)11(13)22/h6-15,17-18,20-23H,3-4H2,1-2H3,(H,16,19). The minimum absolute atomic E-state index is 0.551. The normalized spacial score (nSPS) is 45.5. The zero-order valence-corrected chi connectivity index (χ0v) is 14.9. The Morgan fingerprint density at radius 1 is 0.926 bits per heavy atom. The molecule has 10 atom stereocenters. The maximum Gasteiger partial charge on any atom is 0.217 e. The topological polar surface area (TPSA) is 187 Å². The largest absolute Gasteiger partial charge is 0.394 e. The molecule has 2 aliphatic rings. The Morgan fingerprint density at radius 2 is 1.52 bits per heavy atom. The summed E-state index contributed by atoms with van der Waals surface area (Å²) in [6.45, 7) is -0.0663. The first-order valence-electron chi connectivity index (χ1n) is 8.45. The van der Waals surface area contributed by atoms with Gasteiger partial charge in [-0.15, -0.1) is 0 Å². The predicted octanol–water partition coefficient (Wildman–Crippen LogP) is -4.60. The summed E-state index contributed by atoms with van der Waals surface area (Å²) in [7, 11) is 1.25. The summed E-state index contributed by atoms with van der Waals surface area (Å²) in [6, 6.07) is -1.25. The van der Waals surface area contributed by atoms with Gasteiger partial charge in [-0.25, -0.2) is 0 Å². The van der Waals surface area contributed by atoms with Crippen molar-refractivity contribution >= 4 is 5.91 Å². The zero-order valence-electron chi connectivity index (χ0n) is 14.9. The molecule has 0 spiro atoms. The van der Waals surface area contributed by atoms with Gasteiger partial charge in [0, 0.05) is 14.0 Å². The molecule has 0 aliphatic carbocycles. The molecule has 0 aromatic heterocycles. The Morgan fingerprint density at radius 3 is 2.04 bits per heavy atom. The third-order valence-electron chi connectivity index (χ3n) is 4.59. The van der Waals surface area contributed by atoms with E-state index < -0.39 is 80.5 Å². The van der Waals surface area contributed by atoms with E-state index in [1.54, 1.807) is 0 Å². The van der Waals surface area contributed by atoms with Gasteiger partial charge in [0.1, 0.15) is 48.8 Å². The Hall–Kier alpha value is -0.930. The monoisotopic (exact) mass is 397 g/mol. The molecule has 2 heterocycles. The zero-order chi connectivity index (χ0) is 20.3. The molecule has 0 radical (unpaired) electrons. The van der Waals surface area contributed by atoms with E-state index >= 15 is 0 Å². The number of hydrogen-bond donors (Lipinski definition) is 7. The van der Waals surface area contributed by atoms with Gasteiger partial charge in [-0.1, -0.05) is 0 Å². The molecule has 7 N–H and O–H groups in total. The van der Waals surface area contributed by atoms with Crippen molar-refractivity contribution in [1.82, 2.24) is 5.32 Å². The summed E-state index contributed by atoms with van der Waals surface area (Å²) in [5.74, 6) is -0.551. The maximum absolute atomic E-state index is 11.4. The second kappa shape index (κ2) is 9.52. The van der Waals surface area contributed by atoms with E-state index in [0.717, 1.165) is 0 Å². The summed E-state index contributed by atoms with van der Waals surface area (Å²) in [6.07, 6.45) is -12.4. The third kappa shape index (κ3) is 4.74. The number of hydrogen-bond acceptors (Lipinski definition) is 11. The van der Waals surface area contributed by atoms with Crippen LogP contribution in [0, 0.1) is 0 Å². The van der Waals surface area contributed by atoms with Gasteiger partial charge in [0.05, 0.1) is 13.2 Å². The lowest BCUT2D eigenvalue weighted by Gasteiger charge is -2.46. The lowest BCUT2D eigenvalue weighted by atomic mass is 9.95. The Bertz CT molecular complexity index is 492. The van der Waals surface area contributed by atoms with Crippen molar-refractivity contribution < 1.29 is 54.4 Å². The molecule has 0 aromatic rings. The SMILES string of the molecule is COC1OC(CO)C(OC2OC(CO)C(O)C(O)C2NC(C)=O)C(O)C1O. The Labute approximate surface area is 155 Å². The summed E-state index contributed by atoms with van der Waals surface area (Å²) in [5, 5.41) is 61.8. The molecule has 0 saturated carbocycles. The number of carbonyl (C=O) groups excluding carboxylic acids is 1. The van der Waals surface area contributed by atoms with Crippen LogP contribution >= 0.6 is 0 Å². The summed E-state index contributed by atoms with van der Waals surface area (Å²) in [5.41, 5.74) is 0. The molecule has 2 rings (SSSR count). The van der Waals surface area contributed by atoms with E-state index in [0.29, 0.717) is 0 Å². The van der Waals surface area contributed by atoms with Crippen molar-refractivity contribution in [3.63, 3.8) is 0 Å². The minimum Gasteiger partial charge on any atom is -0.394 e. The van der Waals surface area contributed by atoms with Gasteiger partial charge in [0.2, 0.25) is 5.91 Å². The van der Waals surface area contributed by atoms with Crippen LogP contribution in [-0.4, -0.2) is 118 Å². The van der Waals surface area contributed by atoms with Crippen molar-refractivity contribution in [3.05, 3.63) is 0 Å². The van der Waals surface area contributed by atoms with Crippen LogP contribution in [0.5, 0.6) is 0 Å². The van der Waals surface area contributed by atoms with Crippen molar-refractivity contribution in [2.75, 3.05) is 20.3 Å².